The van der Waals surface area contributed by atoms with E-state index in [0.29, 0.717) is 5.01 Å². The molecule has 0 spiro atoms. The second-order valence-corrected chi connectivity index (χ2v) is 5.70. The summed E-state index contributed by atoms with van der Waals surface area (Å²) in [4.78, 5) is 23.6. The first-order valence-electron chi connectivity index (χ1n) is 5.19. The molecule has 0 radical (unpaired) electrons. The predicted molar refractivity (Wildman–Crippen MR) is 64.6 cm³/mol. The first kappa shape index (κ1) is 14.4. The van der Waals surface area contributed by atoms with E-state index < -0.39 is 17.7 Å². The molecular formula is C10H15N3O4S. The molecule has 0 saturated carbocycles. The summed E-state index contributed by atoms with van der Waals surface area (Å²) in [5, 5.41) is 16.2. The predicted octanol–water partition coefficient (Wildman–Crippen LogP) is 1.60. The maximum Gasteiger partial charge on any atom is 0.410 e. The third-order valence-corrected chi connectivity index (χ3v) is 2.62. The SMILES string of the molecule is CN(Cc1nnc(C(=O)O)s1)C(=O)OC(C)(C)C. The van der Waals surface area contributed by atoms with Crippen molar-refractivity contribution >= 4 is 23.4 Å². The summed E-state index contributed by atoms with van der Waals surface area (Å²) in [6.45, 7) is 5.48. The zero-order chi connectivity index (χ0) is 13.9. The summed E-state index contributed by atoms with van der Waals surface area (Å²) < 4.78 is 5.15. The standard InChI is InChI=1S/C10H15N3O4S/c1-10(2,3)17-9(16)13(4)5-6-11-12-7(18-6)8(14)15/h5H2,1-4H3,(H,14,15). The summed E-state index contributed by atoms with van der Waals surface area (Å²) in [5.41, 5.74) is -0.571. The highest BCUT2D eigenvalue weighted by molar-refractivity contribution is 7.13. The zero-order valence-corrected chi connectivity index (χ0v) is 11.4. The molecule has 0 aliphatic carbocycles. The lowest BCUT2D eigenvalue weighted by Crippen LogP contribution is -2.33. The highest BCUT2D eigenvalue weighted by atomic mass is 32.1. The Balaban J connectivity index is 2.61. The minimum atomic E-state index is -1.13. The number of carboxylic acids is 1. The Kier molecular flexibility index (Phi) is 4.23. The van der Waals surface area contributed by atoms with Gasteiger partial charge >= 0.3 is 12.1 Å². The average molecular weight is 273 g/mol. The molecule has 8 heteroatoms. The maximum atomic E-state index is 11.6. The summed E-state index contributed by atoms with van der Waals surface area (Å²) >= 11 is 0.933. The van der Waals surface area contributed by atoms with E-state index >= 15 is 0 Å². The first-order valence-corrected chi connectivity index (χ1v) is 6.00. The van der Waals surface area contributed by atoms with Gasteiger partial charge < -0.3 is 14.7 Å². The molecular weight excluding hydrogens is 258 g/mol. The number of rotatable bonds is 3. The highest BCUT2D eigenvalue weighted by Crippen LogP contribution is 2.14. The summed E-state index contributed by atoms with van der Waals surface area (Å²) in [7, 11) is 1.55. The zero-order valence-electron chi connectivity index (χ0n) is 10.6. The summed E-state index contributed by atoms with van der Waals surface area (Å²) in [6.07, 6.45) is -0.491. The topological polar surface area (TPSA) is 92.6 Å². The van der Waals surface area contributed by atoms with Gasteiger partial charge in [-0.1, -0.05) is 11.3 Å². The van der Waals surface area contributed by atoms with E-state index in [1.165, 1.54) is 4.90 Å². The lowest BCUT2D eigenvalue weighted by atomic mass is 10.2. The van der Waals surface area contributed by atoms with Gasteiger partial charge in [-0.15, -0.1) is 10.2 Å². The van der Waals surface area contributed by atoms with E-state index in [-0.39, 0.29) is 11.6 Å². The minimum Gasteiger partial charge on any atom is -0.476 e. The van der Waals surface area contributed by atoms with Crippen molar-refractivity contribution in [2.45, 2.75) is 32.9 Å². The van der Waals surface area contributed by atoms with Gasteiger partial charge in [0.25, 0.3) is 0 Å². The average Bonchev–Trinajstić information content (AvgIpc) is 2.63. The number of carbonyl (C=O) groups excluding carboxylic acids is 1. The van der Waals surface area contributed by atoms with Gasteiger partial charge in [-0.05, 0) is 20.8 Å². The molecule has 0 aliphatic heterocycles. The molecule has 7 nitrogen and oxygen atoms in total. The smallest absolute Gasteiger partial charge is 0.410 e. The number of amides is 1. The van der Waals surface area contributed by atoms with Crippen molar-refractivity contribution in [3.05, 3.63) is 10.0 Å². The van der Waals surface area contributed by atoms with Crippen LogP contribution in [0.2, 0.25) is 0 Å². The van der Waals surface area contributed by atoms with E-state index in [2.05, 4.69) is 10.2 Å². The summed E-state index contributed by atoms with van der Waals surface area (Å²) in [5.74, 6) is -1.13. The highest BCUT2D eigenvalue weighted by Gasteiger charge is 2.21. The van der Waals surface area contributed by atoms with Crippen LogP contribution in [0.5, 0.6) is 0 Å². The fourth-order valence-corrected chi connectivity index (χ4v) is 1.74. The van der Waals surface area contributed by atoms with Crippen LogP contribution in [0.4, 0.5) is 4.79 Å². The van der Waals surface area contributed by atoms with E-state index in [4.69, 9.17) is 9.84 Å². The second-order valence-electron chi connectivity index (χ2n) is 4.64. The second kappa shape index (κ2) is 5.30. The number of ether oxygens (including phenoxy) is 1. The molecule has 0 fully saturated rings. The molecule has 1 rings (SSSR count). The Bertz CT molecular complexity index is 452. The molecule has 1 amide bonds. The molecule has 0 aliphatic rings. The molecule has 0 aromatic carbocycles. The van der Waals surface area contributed by atoms with E-state index in [1.54, 1.807) is 27.8 Å². The Morgan fingerprint density at radius 3 is 2.44 bits per heavy atom. The Morgan fingerprint density at radius 1 is 1.39 bits per heavy atom. The van der Waals surface area contributed by atoms with Crippen molar-refractivity contribution in [1.82, 2.24) is 15.1 Å². The van der Waals surface area contributed by atoms with Gasteiger partial charge in [0.2, 0.25) is 5.01 Å². The molecule has 100 valence electrons. The van der Waals surface area contributed by atoms with Crippen molar-refractivity contribution in [3.8, 4) is 0 Å². The van der Waals surface area contributed by atoms with Gasteiger partial charge in [0.15, 0.2) is 0 Å². The van der Waals surface area contributed by atoms with Crippen molar-refractivity contribution < 1.29 is 19.4 Å². The van der Waals surface area contributed by atoms with Crippen LogP contribution in [-0.4, -0.2) is 44.9 Å². The molecule has 0 saturated heterocycles. The van der Waals surface area contributed by atoms with Crippen LogP contribution in [0.1, 0.15) is 35.6 Å². The van der Waals surface area contributed by atoms with Gasteiger partial charge in [-0.25, -0.2) is 9.59 Å². The largest absolute Gasteiger partial charge is 0.476 e. The van der Waals surface area contributed by atoms with Crippen molar-refractivity contribution in [3.63, 3.8) is 0 Å². The van der Waals surface area contributed by atoms with Crippen LogP contribution in [0.15, 0.2) is 0 Å². The lowest BCUT2D eigenvalue weighted by molar-refractivity contribution is 0.0284. The van der Waals surface area contributed by atoms with Gasteiger partial charge in [0.05, 0.1) is 6.54 Å². The Hall–Kier alpha value is -1.70. The quantitative estimate of drug-likeness (QED) is 0.899. The van der Waals surface area contributed by atoms with Gasteiger partial charge in [0.1, 0.15) is 10.6 Å². The normalized spacial score (nSPS) is 11.1. The van der Waals surface area contributed by atoms with E-state index in [9.17, 15) is 9.59 Å². The molecule has 1 N–H and O–H groups in total. The third kappa shape index (κ3) is 4.28. The Morgan fingerprint density at radius 2 is 2.00 bits per heavy atom. The van der Waals surface area contributed by atoms with Crippen LogP contribution < -0.4 is 0 Å². The molecule has 0 bridgehead atoms. The number of nitrogens with zero attached hydrogens (tertiary/aromatic N) is 3. The Labute approximate surface area is 108 Å². The number of aromatic nitrogens is 2. The van der Waals surface area contributed by atoms with Crippen LogP contribution >= 0.6 is 11.3 Å². The van der Waals surface area contributed by atoms with Crippen molar-refractivity contribution in [1.29, 1.82) is 0 Å². The van der Waals surface area contributed by atoms with E-state index in [0.717, 1.165) is 11.3 Å². The van der Waals surface area contributed by atoms with Gasteiger partial charge in [0, 0.05) is 7.05 Å². The lowest BCUT2D eigenvalue weighted by Gasteiger charge is -2.23. The summed E-state index contributed by atoms with van der Waals surface area (Å²) in [6, 6.07) is 0. The van der Waals surface area contributed by atoms with Crippen LogP contribution in [0, 0.1) is 0 Å². The van der Waals surface area contributed by atoms with Gasteiger partial charge in [-0.3, -0.25) is 0 Å². The maximum absolute atomic E-state index is 11.6. The number of carbonyl (C=O) groups is 2. The van der Waals surface area contributed by atoms with Gasteiger partial charge in [-0.2, -0.15) is 0 Å². The number of carboxylic acid groups (broad SMARTS) is 1. The number of hydrogen-bond donors (Lipinski definition) is 1. The fourth-order valence-electron chi connectivity index (χ4n) is 1.01. The van der Waals surface area contributed by atoms with Crippen molar-refractivity contribution in [2.75, 3.05) is 7.05 Å². The minimum absolute atomic E-state index is 0.0948. The molecule has 1 aromatic heterocycles. The van der Waals surface area contributed by atoms with E-state index in [1.807, 2.05) is 0 Å². The molecule has 18 heavy (non-hydrogen) atoms. The van der Waals surface area contributed by atoms with Crippen LogP contribution in [0.25, 0.3) is 0 Å². The van der Waals surface area contributed by atoms with Crippen LogP contribution in [-0.2, 0) is 11.3 Å². The molecule has 1 aromatic rings. The number of hydrogen-bond acceptors (Lipinski definition) is 6. The van der Waals surface area contributed by atoms with Crippen molar-refractivity contribution in [2.24, 2.45) is 0 Å². The number of aromatic carboxylic acids is 1. The molecule has 0 unspecified atom stereocenters. The monoisotopic (exact) mass is 273 g/mol. The van der Waals surface area contributed by atoms with Crippen LogP contribution in [0.3, 0.4) is 0 Å². The first-order chi connectivity index (χ1) is 8.19. The fraction of sp³-hybridized carbons (Fsp3) is 0.600. The molecule has 1 heterocycles. The molecule has 0 atom stereocenters. The third-order valence-electron chi connectivity index (χ3n) is 1.73.